The number of anilines is 1. The molecule has 0 aromatic heterocycles. The van der Waals surface area contributed by atoms with E-state index in [1.807, 2.05) is 0 Å². The Hall–Kier alpha value is -1.06. The minimum absolute atomic E-state index is 0.498. The van der Waals surface area contributed by atoms with Crippen LogP contribution in [0.4, 0.5) is 5.69 Å². The van der Waals surface area contributed by atoms with Gasteiger partial charge < -0.3 is 15.0 Å². The highest BCUT2D eigenvalue weighted by Crippen LogP contribution is 2.23. The molecule has 1 aromatic carbocycles. The number of rotatable bonds is 5. The second-order valence-corrected chi connectivity index (χ2v) is 5.63. The summed E-state index contributed by atoms with van der Waals surface area (Å²) < 4.78 is 5.62. The summed E-state index contributed by atoms with van der Waals surface area (Å²) in [5, 5.41) is 3.52. The molecule has 0 bridgehead atoms. The van der Waals surface area contributed by atoms with Crippen LogP contribution in [0.5, 0.6) is 0 Å². The zero-order valence-electron chi connectivity index (χ0n) is 12.6. The van der Waals surface area contributed by atoms with Gasteiger partial charge in [-0.25, -0.2) is 0 Å². The van der Waals surface area contributed by atoms with Crippen LogP contribution in [0.15, 0.2) is 18.2 Å². The van der Waals surface area contributed by atoms with Gasteiger partial charge in [-0.05, 0) is 32.0 Å². The lowest BCUT2D eigenvalue weighted by molar-refractivity contribution is 0.183. The largest absolute Gasteiger partial charge is 0.379 e. The summed E-state index contributed by atoms with van der Waals surface area (Å²) in [6, 6.07) is 7.16. The van der Waals surface area contributed by atoms with Gasteiger partial charge in [0.25, 0.3) is 0 Å². The molecule has 2 unspecified atom stereocenters. The Labute approximate surface area is 116 Å². The first-order valence-corrected chi connectivity index (χ1v) is 7.21. The summed E-state index contributed by atoms with van der Waals surface area (Å²) in [5.74, 6) is 0.575. The van der Waals surface area contributed by atoms with Gasteiger partial charge in [-0.2, -0.15) is 0 Å². The molecule has 1 aliphatic rings. The third-order valence-corrected chi connectivity index (χ3v) is 3.94. The lowest BCUT2D eigenvalue weighted by Crippen LogP contribution is -2.40. The van der Waals surface area contributed by atoms with Gasteiger partial charge in [0.15, 0.2) is 0 Å². The fraction of sp³-hybridized carbons (Fsp3) is 0.625. The van der Waals surface area contributed by atoms with E-state index in [9.17, 15) is 0 Å². The zero-order chi connectivity index (χ0) is 13.8. The van der Waals surface area contributed by atoms with Gasteiger partial charge in [0.1, 0.15) is 0 Å². The van der Waals surface area contributed by atoms with Crippen molar-refractivity contribution in [1.29, 1.82) is 0 Å². The fourth-order valence-electron chi connectivity index (χ4n) is 2.95. The number of benzene rings is 1. The van der Waals surface area contributed by atoms with E-state index in [1.165, 1.54) is 16.8 Å². The molecule has 19 heavy (non-hydrogen) atoms. The lowest BCUT2D eigenvalue weighted by atomic mass is 10.0. The van der Waals surface area contributed by atoms with Crippen molar-refractivity contribution in [3.05, 3.63) is 29.3 Å². The first-order chi connectivity index (χ1) is 9.11. The summed E-state index contributed by atoms with van der Waals surface area (Å²) in [5.41, 5.74) is 4.00. The maximum atomic E-state index is 5.62. The first kappa shape index (κ1) is 14.4. The number of nitrogens with one attached hydrogen (secondary N) is 1. The van der Waals surface area contributed by atoms with Crippen LogP contribution < -0.4 is 10.2 Å². The number of ether oxygens (including phenoxy) is 1. The van der Waals surface area contributed by atoms with Crippen LogP contribution in [0.2, 0.25) is 0 Å². The molecular formula is C16H26N2O. The minimum atomic E-state index is 0.498. The summed E-state index contributed by atoms with van der Waals surface area (Å²) in [4.78, 5) is 2.36. The molecule has 0 saturated carbocycles. The molecule has 106 valence electrons. The second kappa shape index (κ2) is 6.40. The van der Waals surface area contributed by atoms with Crippen LogP contribution in [0.1, 0.15) is 18.1 Å². The van der Waals surface area contributed by atoms with Crippen LogP contribution in [0.25, 0.3) is 0 Å². The predicted octanol–water partition coefficient (Wildman–Crippen LogP) is 2.36. The monoisotopic (exact) mass is 262 g/mol. The summed E-state index contributed by atoms with van der Waals surface area (Å²) in [6.07, 6.45) is 0. The number of likely N-dealkylation sites (N-methyl/N-ethyl adjacent to an activating group) is 1. The molecule has 2 rings (SSSR count). The van der Waals surface area contributed by atoms with Crippen LogP contribution in [-0.4, -0.2) is 39.4 Å². The molecule has 1 fully saturated rings. The Balaban J connectivity index is 2.02. The van der Waals surface area contributed by atoms with E-state index in [4.69, 9.17) is 4.74 Å². The number of hydrogen-bond donors (Lipinski definition) is 1. The van der Waals surface area contributed by atoms with Gasteiger partial charge in [0.2, 0.25) is 0 Å². The van der Waals surface area contributed by atoms with Crippen LogP contribution in [0.3, 0.4) is 0 Å². The third kappa shape index (κ3) is 3.48. The topological polar surface area (TPSA) is 24.5 Å². The molecule has 1 aliphatic heterocycles. The highest BCUT2D eigenvalue weighted by molar-refractivity contribution is 5.53. The minimum Gasteiger partial charge on any atom is -0.379 e. The van der Waals surface area contributed by atoms with Gasteiger partial charge in [0, 0.05) is 31.2 Å². The van der Waals surface area contributed by atoms with Crippen molar-refractivity contribution < 1.29 is 4.74 Å². The Morgan fingerprint density at radius 1 is 1.32 bits per heavy atom. The van der Waals surface area contributed by atoms with E-state index >= 15 is 0 Å². The quantitative estimate of drug-likeness (QED) is 0.881. The van der Waals surface area contributed by atoms with E-state index in [2.05, 4.69) is 56.2 Å². The molecule has 0 radical (unpaired) electrons. The van der Waals surface area contributed by atoms with E-state index in [1.54, 1.807) is 0 Å². The normalized spacial score (nSPS) is 22.7. The molecule has 3 nitrogen and oxygen atoms in total. The maximum Gasteiger partial charge on any atom is 0.0624 e. The van der Waals surface area contributed by atoms with Gasteiger partial charge in [0.05, 0.1) is 13.2 Å². The molecule has 0 spiro atoms. The van der Waals surface area contributed by atoms with E-state index < -0.39 is 0 Å². The summed E-state index contributed by atoms with van der Waals surface area (Å²) in [7, 11) is 2.18. The molecule has 3 heteroatoms. The van der Waals surface area contributed by atoms with Gasteiger partial charge in [-0.1, -0.05) is 24.6 Å². The fourth-order valence-corrected chi connectivity index (χ4v) is 2.95. The smallest absolute Gasteiger partial charge is 0.0624 e. The van der Waals surface area contributed by atoms with Crippen molar-refractivity contribution in [3.8, 4) is 0 Å². The zero-order valence-corrected chi connectivity index (χ0v) is 12.6. The second-order valence-electron chi connectivity index (χ2n) is 5.63. The molecule has 1 heterocycles. The van der Waals surface area contributed by atoms with Crippen LogP contribution >= 0.6 is 0 Å². The van der Waals surface area contributed by atoms with Gasteiger partial charge in [-0.3, -0.25) is 0 Å². The SMILES string of the molecule is CCNC1COCC1CN(C)c1ccc(C)cc1C. The van der Waals surface area contributed by atoms with E-state index in [-0.39, 0.29) is 0 Å². The Bertz CT molecular complexity index is 419. The molecule has 2 atom stereocenters. The molecule has 1 N–H and O–H groups in total. The van der Waals surface area contributed by atoms with Crippen LogP contribution in [-0.2, 0) is 4.74 Å². The molecule has 1 saturated heterocycles. The molecular weight excluding hydrogens is 236 g/mol. The van der Waals surface area contributed by atoms with Crippen molar-refractivity contribution in [2.24, 2.45) is 5.92 Å². The van der Waals surface area contributed by atoms with Crippen molar-refractivity contribution in [2.45, 2.75) is 26.8 Å². The Morgan fingerprint density at radius 2 is 2.11 bits per heavy atom. The lowest BCUT2D eigenvalue weighted by Gasteiger charge is -2.27. The number of nitrogens with zero attached hydrogens (tertiary/aromatic N) is 1. The average molecular weight is 262 g/mol. The summed E-state index contributed by atoms with van der Waals surface area (Å²) in [6.45, 7) is 10.3. The van der Waals surface area contributed by atoms with Crippen molar-refractivity contribution in [2.75, 3.05) is 38.3 Å². The van der Waals surface area contributed by atoms with E-state index in [0.29, 0.717) is 12.0 Å². The molecule has 0 amide bonds. The van der Waals surface area contributed by atoms with Crippen LogP contribution in [0, 0.1) is 19.8 Å². The van der Waals surface area contributed by atoms with Gasteiger partial charge in [-0.15, -0.1) is 0 Å². The Morgan fingerprint density at radius 3 is 2.79 bits per heavy atom. The van der Waals surface area contributed by atoms with Crippen molar-refractivity contribution in [3.63, 3.8) is 0 Å². The molecule has 0 aliphatic carbocycles. The number of hydrogen-bond acceptors (Lipinski definition) is 3. The standard InChI is InChI=1S/C16H26N2O/c1-5-17-15-11-19-10-14(15)9-18(4)16-7-6-12(2)8-13(16)3/h6-8,14-15,17H,5,9-11H2,1-4H3. The maximum absolute atomic E-state index is 5.62. The highest BCUT2D eigenvalue weighted by atomic mass is 16.5. The van der Waals surface area contributed by atoms with Crippen molar-refractivity contribution >= 4 is 5.69 Å². The van der Waals surface area contributed by atoms with E-state index in [0.717, 1.165) is 26.3 Å². The highest BCUT2D eigenvalue weighted by Gasteiger charge is 2.28. The number of aryl methyl sites for hydroxylation is 2. The predicted molar refractivity (Wildman–Crippen MR) is 81.0 cm³/mol. The van der Waals surface area contributed by atoms with Gasteiger partial charge >= 0.3 is 0 Å². The first-order valence-electron chi connectivity index (χ1n) is 7.21. The summed E-state index contributed by atoms with van der Waals surface area (Å²) >= 11 is 0. The third-order valence-electron chi connectivity index (χ3n) is 3.94. The van der Waals surface area contributed by atoms with Crippen molar-refractivity contribution in [1.82, 2.24) is 5.32 Å². The average Bonchev–Trinajstić information content (AvgIpc) is 2.77. The molecule has 1 aromatic rings. The Kier molecular flexibility index (Phi) is 4.83.